The van der Waals surface area contributed by atoms with Crippen molar-refractivity contribution in [1.29, 1.82) is 0 Å². The van der Waals surface area contributed by atoms with Crippen molar-refractivity contribution in [3.8, 4) is 0 Å². The zero-order valence-corrected chi connectivity index (χ0v) is 11.0. The summed E-state index contributed by atoms with van der Waals surface area (Å²) in [7, 11) is 1.81. The molecule has 1 unspecified atom stereocenters. The molecule has 0 aliphatic rings. The first-order valence-corrected chi connectivity index (χ1v) is 6.05. The number of carbonyl (C=O) groups excluding carboxylic acids is 1. The van der Waals surface area contributed by atoms with Crippen LogP contribution in [0.1, 0.15) is 12.5 Å². The molecular weight excluding hydrogens is 230 g/mol. The average molecular weight is 251 g/mol. The van der Waals surface area contributed by atoms with Crippen LogP contribution in [0, 0.1) is 5.41 Å². The van der Waals surface area contributed by atoms with Crippen molar-refractivity contribution in [2.45, 2.75) is 13.3 Å². The fourth-order valence-electron chi connectivity index (χ4n) is 1.65. The lowest BCUT2D eigenvalue weighted by Crippen LogP contribution is -2.38. The van der Waals surface area contributed by atoms with Crippen LogP contribution >= 0.6 is 0 Å². The first-order chi connectivity index (χ1) is 8.59. The monoisotopic (exact) mass is 251 g/mol. The van der Waals surface area contributed by atoms with E-state index in [1.54, 1.807) is 7.05 Å². The Bertz CT molecular complexity index is 367. The largest absolute Gasteiger partial charge is 0.465 e. The van der Waals surface area contributed by atoms with E-state index >= 15 is 0 Å². The van der Waals surface area contributed by atoms with Gasteiger partial charge in [-0.3, -0.25) is 4.79 Å². The minimum absolute atomic E-state index is 0.0214. The molecule has 0 saturated heterocycles. The molecule has 2 N–H and O–H groups in total. The molecule has 0 radical (unpaired) electrons. The van der Waals surface area contributed by atoms with E-state index in [2.05, 4.69) is 5.32 Å². The van der Waals surface area contributed by atoms with Crippen molar-refractivity contribution < 1.29 is 14.6 Å². The summed E-state index contributed by atoms with van der Waals surface area (Å²) in [6.07, 6.45) is 0.266. The molecule has 0 heterocycles. The Morgan fingerprint density at radius 2 is 2.06 bits per heavy atom. The Morgan fingerprint density at radius 3 is 2.61 bits per heavy atom. The van der Waals surface area contributed by atoms with Crippen LogP contribution in [0.3, 0.4) is 0 Å². The Labute approximate surface area is 108 Å². The first-order valence-electron chi connectivity index (χ1n) is 6.05. The molecule has 0 aliphatic carbocycles. The fraction of sp³-hybridized carbons (Fsp3) is 0.500. The number of ether oxygens (including phenoxy) is 1. The highest BCUT2D eigenvalue weighted by molar-refractivity contribution is 5.72. The van der Waals surface area contributed by atoms with Gasteiger partial charge in [-0.25, -0.2) is 0 Å². The van der Waals surface area contributed by atoms with E-state index in [1.165, 1.54) is 0 Å². The van der Waals surface area contributed by atoms with Gasteiger partial charge in [0, 0.05) is 12.0 Å². The Kier molecular flexibility index (Phi) is 5.82. The summed E-state index contributed by atoms with van der Waals surface area (Å²) in [5.74, 6) is -0.267. The van der Waals surface area contributed by atoms with E-state index in [-0.39, 0.29) is 25.6 Å². The molecule has 18 heavy (non-hydrogen) atoms. The molecule has 0 bridgehead atoms. The number of benzene rings is 1. The van der Waals surface area contributed by atoms with Gasteiger partial charge in [0.1, 0.15) is 6.61 Å². The molecule has 0 aromatic heterocycles. The van der Waals surface area contributed by atoms with Gasteiger partial charge in [-0.15, -0.1) is 0 Å². The summed E-state index contributed by atoms with van der Waals surface area (Å²) >= 11 is 0. The minimum Gasteiger partial charge on any atom is -0.465 e. The molecule has 4 heteroatoms. The predicted molar refractivity (Wildman–Crippen MR) is 70.2 cm³/mol. The smallest absolute Gasteiger partial charge is 0.310 e. The number of carbonyl (C=O) groups is 1. The van der Waals surface area contributed by atoms with Gasteiger partial charge in [0.15, 0.2) is 0 Å². The maximum Gasteiger partial charge on any atom is 0.310 e. The van der Waals surface area contributed by atoms with Crippen LogP contribution in [0.5, 0.6) is 0 Å². The summed E-state index contributed by atoms with van der Waals surface area (Å²) in [5, 5.41) is 12.3. The second-order valence-electron chi connectivity index (χ2n) is 4.82. The van der Waals surface area contributed by atoms with E-state index in [1.807, 2.05) is 37.3 Å². The van der Waals surface area contributed by atoms with Crippen molar-refractivity contribution in [3.63, 3.8) is 0 Å². The van der Waals surface area contributed by atoms with Gasteiger partial charge in [-0.1, -0.05) is 37.3 Å². The predicted octanol–water partition coefficient (Wildman–Crippen LogP) is 0.990. The van der Waals surface area contributed by atoms with Crippen molar-refractivity contribution in [2.75, 3.05) is 26.8 Å². The Balaban J connectivity index is 2.41. The normalized spacial score (nSPS) is 13.9. The van der Waals surface area contributed by atoms with Gasteiger partial charge in [-0.05, 0) is 12.6 Å². The number of hydrogen-bond acceptors (Lipinski definition) is 4. The Hall–Kier alpha value is -1.39. The van der Waals surface area contributed by atoms with Gasteiger partial charge < -0.3 is 15.2 Å². The summed E-state index contributed by atoms with van der Waals surface area (Å²) in [5.41, 5.74) is 0.503. The highest BCUT2D eigenvalue weighted by Gasteiger charge is 2.24. The van der Waals surface area contributed by atoms with Crippen molar-refractivity contribution in [1.82, 2.24) is 5.32 Å². The number of esters is 1. The molecule has 1 rings (SSSR count). The summed E-state index contributed by atoms with van der Waals surface area (Å²) < 4.78 is 5.22. The zero-order valence-electron chi connectivity index (χ0n) is 11.0. The molecule has 0 fully saturated rings. The van der Waals surface area contributed by atoms with Crippen LogP contribution in [-0.4, -0.2) is 37.9 Å². The number of hydrogen-bond donors (Lipinski definition) is 2. The Morgan fingerprint density at radius 1 is 1.39 bits per heavy atom. The van der Waals surface area contributed by atoms with Gasteiger partial charge in [0.2, 0.25) is 0 Å². The summed E-state index contributed by atoms with van der Waals surface area (Å²) in [4.78, 5) is 11.7. The van der Waals surface area contributed by atoms with Gasteiger partial charge >= 0.3 is 5.97 Å². The second kappa shape index (κ2) is 7.13. The van der Waals surface area contributed by atoms with Crippen molar-refractivity contribution in [2.24, 2.45) is 5.41 Å². The third-order valence-corrected chi connectivity index (χ3v) is 2.76. The van der Waals surface area contributed by atoms with Gasteiger partial charge in [-0.2, -0.15) is 0 Å². The average Bonchev–Trinajstić information content (AvgIpc) is 2.38. The maximum atomic E-state index is 11.7. The van der Waals surface area contributed by atoms with Crippen LogP contribution in [0.15, 0.2) is 30.3 Å². The van der Waals surface area contributed by atoms with Crippen molar-refractivity contribution >= 4 is 5.97 Å². The highest BCUT2D eigenvalue weighted by atomic mass is 16.5. The molecular formula is C14H21NO3. The van der Waals surface area contributed by atoms with Gasteiger partial charge in [0.25, 0.3) is 0 Å². The standard InChI is InChI=1S/C14H21NO3/c1-14(10-16,9-15-2)11-18-13(17)8-12-6-4-3-5-7-12/h3-7,15-16H,8-11H2,1-2H3. The van der Waals surface area contributed by atoms with Crippen LogP contribution in [0.2, 0.25) is 0 Å². The van der Waals surface area contributed by atoms with E-state index in [0.717, 1.165) is 5.56 Å². The van der Waals surface area contributed by atoms with E-state index in [9.17, 15) is 9.90 Å². The molecule has 4 nitrogen and oxygen atoms in total. The zero-order chi connectivity index (χ0) is 13.4. The van der Waals surface area contributed by atoms with Crippen LogP contribution in [0.4, 0.5) is 0 Å². The third kappa shape index (κ3) is 4.85. The third-order valence-electron chi connectivity index (χ3n) is 2.76. The lowest BCUT2D eigenvalue weighted by molar-refractivity contribution is -0.146. The van der Waals surface area contributed by atoms with E-state index in [0.29, 0.717) is 6.54 Å². The first kappa shape index (κ1) is 14.7. The number of aliphatic hydroxyl groups is 1. The van der Waals surface area contributed by atoms with Gasteiger partial charge in [0.05, 0.1) is 13.0 Å². The van der Waals surface area contributed by atoms with Crippen LogP contribution in [0.25, 0.3) is 0 Å². The number of nitrogens with one attached hydrogen (secondary N) is 1. The lowest BCUT2D eigenvalue weighted by Gasteiger charge is -2.26. The number of aliphatic hydroxyl groups excluding tert-OH is 1. The van der Waals surface area contributed by atoms with Crippen LogP contribution < -0.4 is 5.32 Å². The molecule has 100 valence electrons. The summed E-state index contributed by atoms with van der Waals surface area (Å²) in [6, 6.07) is 9.47. The maximum absolute atomic E-state index is 11.7. The molecule has 0 amide bonds. The molecule has 1 aromatic rings. The topological polar surface area (TPSA) is 58.6 Å². The minimum atomic E-state index is -0.429. The molecule has 0 aliphatic heterocycles. The number of rotatable bonds is 7. The molecule has 1 aromatic carbocycles. The second-order valence-corrected chi connectivity index (χ2v) is 4.82. The molecule has 0 spiro atoms. The highest BCUT2D eigenvalue weighted by Crippen LogP contribution is 2.14. The quantitative estimate of drug-likeness (QED) is 0.710. The SMILES string of the molecule is CNCC(C)(CO)COC(=O)Cc1ccccc1. The van der Waals surface area contributed by atoms with Crippen molar-refractivity contribution in [3.05, 3.63) is 35.9 Å². The fourth-order valence-corrected chi connectivity index (χ4v) is 1.65. The lowest BCUT2D eigenvalue weighted by atomic mass is 9.93. The van der Waals surface area contributed by atoms with E-state index in [4.69, 9.17) is 4.74 Å². The molecule has 0 saturated carbocycles. The van der Waals surface area contributed by atoms with Crippen LogP contribution in [-0.2, 0) is 16.0 Å². The molecule has 1 atom stereocenters. The summed E-state index contributed by atoms with van der Waals surface area (Å²) in [6.45, 7) is 2.67. The van der Waals surface area contributed by atoms with E-state index < -0.39 is 5.41 Å².